The molecule has 0 N–H and O–H groups in total. The molecule has 2 nitrogen and oxygen atoms in total. The molecule has 6 saturated carbocycles. The lowest BCUT2D eigenvalue weighted by atomic mass is 9.65. The molecular formula is C42H76N2. The average Bonchev–Trinajstić information content (AvgIpc) is 3.03. The second-order valence-corrected chi connectivity index (χ2v) is 18.5. The van der Waals surface area contributed by atoms with Gasteiger partial charge in [0.05, 0.1) is 0 Å². The second kappa shape index (κ2) is 16.3. The van der Waals surface area contributed by atoms with E-state index in [1.54, 1.807) is 0 Å². The van der Waals surface area contributed by atoms with E-state index >= 15 is 0 Å². The van der Waals surface area contributed by atoms with Gasteiger partial charge in [0.25, 0.3) is 0 Å². The van der Waals surface area contributed by atoms with Gasteiger partial charge in [0.15, 0.2) is 0 Å². The SMILES string of the molecule is CC1CCCC(CN(CC2CCCCC2)C2CCC(C3CCC(N(C4CCCCC4)C4CCCC(C)C4)C(C)C3)CC2C)C1. The molecule has 0 amide bonds. The summed E-state index contributed by atoms with van der Waals surface area (Å²) in [7, 11) is 0. The zero-order valence-corrected chi connectivity index (χ0v) is 30.2. The van der Waals surface area contributed by atoms with Crippen LogP contribution < -0.4 is 0 Å². The molecule has 0 aromatic rings. The van der Waals surface area contributed by atoms with Crippen LogP contribution in [0.4, 0.5) is 0 Å². The van der Waals surface area contributed by atoms with Gasteiger partial charge in [-0.2, -0.15) is 0 Å². The topological polar surface area (TPSA) is 6.48 Å². The molecule has 0 spiro atoms. The molecule has 0 saturated heterocycles. The third-order valence-electron chi connectivity index (χ3n) is 14.9. The molecule has 0 bridgehead atoms. The maximum absolute atomic E-state index is 3.23. The van der Waals surface area contributed by atoms with Gasteiger partial charge in [-0.1, -0.05) is 91.9 Å². The summed E-state index contributed by atoms with van der Waals surface area (Å²) in [6, 6.07) is 3.54. The first-order valence-electron chi connectivity index (χ1n) is 21.0. The van der Waals surface area contributed by atoms with Crippen molar-refractivity contribution in [1.29, 1.82) is 0 Å². The molecule has 6 rings (SSSR count). The minimum absolute atomic E-state index is 0.870. The van der Waals surface area contributed by atoms with E-state index in [0.717, 1.165) is 71.5 Å². The highest BCUT2D eigenvalue weighted by Crippen LogP contribution is 2.47. The van der Waals surface area contributed by atoms with Crippen LogP contribution in [0.1, 0.15) is 182 Å². The Hall–Kier alpha value is -0.0800. The fourth-order valence-corrected chi connectivity index (χ4v) is 12.7. The summed E-state index contributed by atoms with van der Waals surface area (Å²) in [6.45, 7) is 13.3. The van der Waals surface area contributed by atoms with Crippen LogP contribution in [-0.2, 0) is 0 Å². The van der Waals surface area contributed by atoms with Crippen LogP contribution in [0.25, 0.3) is 0 Å². The summed E-state index contributed by atoms with van der Waals surface area (Å²) < 4.78 is 0. The molecule has 6 aliphatic carbocycles. The fraction of sp³-hybridized carbons (Fsp3) is 1.00. The van der Waals surface area contributed by atoms with E-state index in [2.05, 4.69) is 37.5 Å². The molecule has 0 aliphatic heterocycles. The van der Waals surface area contributed by atoms with Gasteiger partial charge in [-0.25, -0.2) is 0 Å². The van der Waals surface area contributed by atoms with Crippen LogP contribution in [-0.4, -0.2) is 47.1 Å². The summed E-state index contributed by atoms with van der Waals surface area (Å²) in [5.74, 6) is 7.69. The van der Waals surface area contributed by atoms with Crippen molar-refractivity contribution in [3.63, 3.8) is 0 Å². The summed E-state index contributed by atoms with van der Waals surface area (Å²) in [6.07, 6.45) is 36.1. The lowest BCUT2D eigenvalue weighted by molar-refractivity contribution is -0.0275. The lowest BCUT2D eigenvalue weighted by Gasteiger charge is -2.52. The quantitative estimate of drug-likeness (QED) is 0.257. The number of hydrogen-bond acceptors (Lipinski definition) is 2. The minimum atomic E-state index is 0.870. The molecule has 0 aromatic carbocycles. The van der Waals surface area contributed by atoms with E-state index in [-0.39, 0.29) is 0 Å². The van der Waals surface area contributed by atoms with Gasteiger partial charge in [0.1, 0.15) is 0 Å². The van der Waals surface area contributed by atoms with E-state index in [1.807, 2.05) is 0 Å². The Morgan fingerprint density at radius 1 is 0.409 bits per heavy atom. The molecule has 0 aromatic heterocycles. The van der Waals surface area contributed by atoms with Crippen LogP contribution in [0, 0.1) is 47.3 Å². The summed E-state index contributed by atoms with van der Waals surface area (Å²) in [5.41, 5.74) is 0. The Bertz CT molecular complexity index is 828. The van der Waals surface area contributed by atoms with Crippen LogP contribution >= 0.6 is 0 Å². The van der Waals surface area contributed by atoms with Crippen molar-refractivity contribution >= 4 is 0 Å². The van der Waals surface area contributed by atoms with Gasteiger partial charge in [-0.15, -0.1) is 0 Å². The Balaban J connectivity index is 1.07. The zero-order valence-electron chi connectivity index (χ0n) is 30.2. The number of nitrogens with zero attached hydrogens (tertiary/aromatic N) is 2. The third-order valence-corrected chi connectivity index (χ3v) is 14.9. The number of hydrogen-bond donors (Lipinski definition) is 0. The van der Waals surface area contributed by atoms with E-state index in [1.165, 1.54) is 167 Å². The summed E-state index contributed by atoms with van der Waals surface area (Å²) >= 11 is 0. The molecule has 44 heavy (non-hydrogen) atoms. The van der Waals surface area contributed by atoms with Gasteiger partial charge < -0.3 is 0 Å². The smallest absolute Gasteiger partial charge is 0.0127 e. The first-order chi connectivity index (χ1) is 21.4. The summed E-state index contributed by atoms with van der Waals surface area (Å²) in [5, 5.41) is 0. The molecule has 254 valence electrons. The molecule has 10 atom stereocenters. The number of rotatable bonds is 9. The Morgan fingerprint density at radius 2 is 0.932 bits per heavy atom. The van der Waals surface area contributed by atoms with Crippen LogP contribution in [0.2, 0.25) is 0 Å². The normalized spacial score (nSPS) is 42.1. The van der Waals surface area contributed by atoms with Crippen molar-refractivity contribution in [3.05, 3.63) is 0 Å². The fourth-order valence-electron chi connectivity index (χ4n) is 12.7. The summed E-state index contributed by atoms with van der Waals surface area (Å²) in [4.78, 5) is 6.36. The maximum Gasteiger partial charge on any atom is 0.0127 e. The van der Waals surface area contributed by atoms with Gasteiger partial charge in [0, 0.05) is 37.3 Å². The highest BCUT2D eigenvalue weighted by molar-refractivity contribution is 4.97. The standard InChI is InChI=1S/C42H76N2/c1-31-13-11-17-36(25-31)30-43(29-35-15-7-5-8-16-35)41-23-21-37(27-33(41)3)38-22-24-42(34(4)28-38)44(39-18-9-6-10-19-39)40-20-12-14-32(2)26-40/h31-42H,5-30H2,1-4H3. The van der Waals surface area contributed by atoms with Crippen molar-refractivity contribution in [1.82, 2.24) is 9.80 Å². The predicted molar refractivity (Wildman–Crippen MR) is 190 cm³/mol. The van der Waals surface area contributed by atoms with Crippen LogP contribution in [0.15, 0.2) is 0 Å². The third kappa shape index (κ3) is 8.68. The molecule has 2 heteroatoms. The van der Waals surface area contributed by atoms with Gasteiger partial charge in [-0.3, -0.25) is 9.80 Å². The molecule has 10 unspecified atom stereocenters. The monoisotopic (exact) mass is 609 g/mol. The Morgan fingerprint density at radius 3 is 1.55 bits per heavy atom. The van der Waals surface area contributed by atoms with Crippen LogP contribution in [0.5, 0.6) is 0 Å². The van der Waals surface area contributed by atoms with E-state index in [4.69, 9.17) is 0 Å². The van der Waals surface area contributed by atoms with E-state index in [0.29, 0.717) is 0 Å². The van der Waals surface area contributed by atoms with E-state index in [9.17, 15) is 0 Å². The molecular weight excluding hydrogens is 532 g/mol. The largest absolute Gasteiger partial charge is 0.300 e. The lowest BCUT2D eigenvalue weighted by Crippen LogP contribution is -2.55. The van der Waals surface area contributed by atoms with Crippen LogP contribution in [0.3, 0.4) is 0 Å². The van der Waals surface area contributed by atoms with Crippen molar-refractivity contribution in [2.24, 2.45) is 47.3 Å². The van der Waals surface area contributed by atoms with E-state index < -0.39 is 0 Å². The minimum Gasteiger partial charge on any atom is -0.300 e. The van der Waals surface area contributed by atoms with Gasteiger partial charge in [-0.05, 0) is 137 Å². The second-order valence-electron chi connectivity index (χ2n) is 18.5. The zero-order chi connectivity index (χ0) is 30.5. The molecule has 6 fully saturated rings. The molecule has 6 aliphatic rings. The predicted octanol–water partition coefficient (Wildman–Crippen LogP) is 11.5. The average molecular weight is 609 g/mol. The van der Waals surface area contributed by atoms with Crippen molar-refractivity contribution in [2.75, 3.05) is 13.1 Å². The Kier molecular flexibility index (Phi) is 12.6. The van der Waals surface area contributed by atoms with Gasteiger partial charge >= 0.3 is 0 Å². The first kappa shape index (κ1) is 33.8. The highest BCUT2D eigenvalue weighted by atomic mass is 15.2. The molecule has 0 heterocycles. The van der Waals surface area contributed by atoms with Crippen molar-refractivity contribution in [2.45, 2.75) is 206 Å². The van der Waals surface area contributed by atoms with Crippen molar-refractivity contribution < 1.29 is 0 Å². The molecule has 0 radical (unpaired) electrons. The van der Waals surface area contributed by atoms with Crippen molar-refractivity contribution in [3.8, 4) is 0 Å². The van der Waals surface area contributed by atoms with Gasteiger partial charge in [0.2, 0.25) is 0 Å². The maximum atomic E-state index is 3.23. The highest BCUT2D eigenvalue weighted by Gasteiger charge is 2.43. The Labute approximate surface area is 275 Å². The first-order valence-corrected chi connectivity index (χ1v) is 21.0.